The molecule has 0 aromatic rings. The van der Waals surface area contributed by atoms with Crippen molar-refractivity contribution in [1.82, 2.24) is 0 Å². The van der Waals surface area contributed by atoms with Gasteiger partial charge in [-0.05, 0) is 79.9 Å². The zero-order valence-corrected chi connectivity index (χ0v) is 16.4. The van der Waals surface area contributed by atoms with Crippen molar-refractivity contribution in [3.05, 3.63) is 35.5 Å². The number of hydrogen-bond acceptors (Lipinski definition) is 3. The lowest BCUT2D eigenvalue weighted by atomic mass is 9.47. The molecule has 2 saturated carbocycles. The Labute approximate surface area is 156 Å². The number of ketones is 2. The smallest absolute Gasteiger partial charge is 0.166 e. The van der Waals surface area contributed by atoms with Crippen LogP contribution in [-0.2, 0) is 9.59 Å². The van der Waals surface area contributed by atoms with Gasteiger partial charge in [0.15, 0.2) is 11.6 Å². The molecule has 2 fully saturated rings. The highest BCUT2D eigenvalue weighted by molar-refractivity contribution is 5.93. The molecular formula is C23H30O3. The minimum Gasteiger partial charge on any atom is -0.377 e. The van der Waals surface area contributed by atoms with E-state index >= 15 is 0 Å². The summed E-state index contributed by atoms with van der Waals surface area (Å²) in [5.74, 6) is 1.09. The van der Waals surface area contributed by atoms with E-state index < -0.39 is 11.0 Å². The van der Waals surface area contributed by atoms with Crippen molar-refractivity contribution in [2.24, 2.45) is 28.6 Å². The van der Waals surface area contributed by atoms with Gasteiger partial charge >= 0.3 is 0 Å². The van der Waals surface area contributed by atoms with Crippen molar-refractivity contribution in [2.75, 3.05) is 0 Å². The van der Waals surface area contributed by atoms with Gasteiger partial charge in [-0.25, -0.2) is 0 Å². The average molecular weight is 354 g/mol. The average Bonchev–Trinajstić information content (AvgIpc) is 2.78. The Morgan fingerprint density at radius 2 is 1.96 bits per heavy atom. The number of fused-ring (bicyclic) bond motifs is 5. The summed E-state index contributed by atoms with van der Waals surface area (Å²) in [5.41, 5.74) is 1.29. The first-order valence-corrected chi connectivity index (χ1v) is 9.91. The van der Waals surface area contributed by atoms with Crippen molar-refractivity contribution in [1.29, 1.82) is 0 Å². The third-order valence-electron chi connectivity index (χ3n) is 8.53. The topological polar surface area (TPSA) is 54.4 Å². The van der Waals surface area contributed by atoms with Gasteiger partial charge in [0.2, 0.25) is 0 Å². The van der Waals surface area contributed by atoms with Gasteiger partial charge < -0.3 is 5.11 Å². The number of hydrogen-bond donors (Lipinski definition) is 1. The van der Waals surface area contributed by atoms with Crippen LogP contribution < -0.4 is 0 Å². The molecule has 0 amide bonds. The summed E-state index contributed by atoms with van der Waals surface area (Å²) in [6.07, 6.45) is 8.26. The maximum Gasteiger partial charge on any atom is 0.166 e. The van der Waals surface area contributed by atoms with Crippen LogP contribution in [0.5, 0.6) is 0 Å². The largest absolute Gasteiger partial charge is 0.377 e. The summed E-state index contributed by atoms with van der Waals surface area (Å²) in [6, 6.07) is 0. The Morgan fingerprint density at radius 1 is 1.27 bits per heavy atom. The Balaban J connectivity index is 1.83. The second kappa shape index (κ2) is 5.28. The Bertz CT molecular complexity index is 787. The minimum atomic E-state index is -1.40. The fourth-order valence-corrected chi connectivity index (χ4v) is 7.04. The third-order valence-corrected chi connectivity index (χ3v) is 8.53. The number of aliphatic hydroxyl groups is 1. The molecule has 0 bridgehead atoms. The van der Waals surface area contributed by atoms with Crippen LogP contribution in [0.1, 0.15) is 59.8 Å². The van der Waals surface area contributed by atoms with Gasteiger partial charge in [0.25, 0.3) is 0 Å². The van der Waals surface area contributed by atoms with E-state index in [-0.39, 0.29) is 22.9 Å². The van der Waals surface area contributed by atoms with Crippen LogP contribution in [-0.4, -0.2) is 22.3 Å². The van der Waals surface area contributed by atoms with Gasteiger partial charge in [0, 0.05) is 11.8 Å². The zero-order valence-electron chi connectivity index (χ0n) is 16.4. The molecule has 6 unspecified atom stereocenters. The molecule has 0 aromatic carbocycles. The molecule has 0 aromatic heterocycles. The Kier molecular flexibility index (Phi) is 3.64. The number of allylic oxidation sites excluding steroid dienone is 4. The molecule has 0 saturated heterocycles. The van der Waals surface area contributed by atoms with E-state index in [2.05, 4.69) is 33.4 Å². The van der Waals surface area contributed by atoms with Gasteiger partial charge in [0.1, 0.15) is 5.60 Å². The maximum atomic E-state index is 12.4. The molecule has 4 aliphatic carbocycles. The zero-order chi connectivity index (χ0) is 19.1. The number of rotatable bonds is 1. The fourth-order valence-electron chi connectivity index (χ4n) is 7.04. The SMILES string of the molecule is C=C1CC2C3C=C(C)C4=CC(=O)CCC4(C)C3CCC2(C)C1(O)C(C)=O. The molecule has 4 aliphatic rings. The summed E-state index contributed by atoms with van der Waals surface area (Å²) >= 11 is 0. The predicted octanol–water partition coefficient (Wildman–Crippen LogP) is 4.17. The molecule has 0 aliphatic heterocycles. The van der Waals surface area contributed by atoms with Crippen molar-refractivity contribution < 1.29 is 14.7 Å². The van der Waals surface area contributed by atoms with Crippen molar-refractivity contribution in [2.45, 2.75) is 65.4 Å². The van der Waals surface area contributed by atoms with E-state index in [1.807, 2.05) is 6.08 Å². The Hall–Kier alpha value is -1.48. The van der Waals surface area contributed by atoms with E-state index in [0.717, 1.165) is 19.3 Å². The molecule has 26 heavy (non-hydrogen) atoms. The van der Waals surface area contributed by atoms with Crippen molar-refractivity contribution in [3.63, 3.8) is 0 Å². The molecule has 4 rings (SSSR count). The summed E-state index contributed by atoms with van der Waals surface area (Å²) in [6.45, 7) is 12.1. The summed E-state index contributed by atoms with van der Waals surface area (Å²) in [5, 5.41) is 11.4. The molecule has 0 heterocycles. The monoisotopic (exact) mass is 354 g/mol. The second-order valence-electron chi connectivity index (χ2n) is 9.61. The van der Waals surface area contributed by atoms with Crippen LogP contribution in [0.15, 0.2) is 35.5 Å². The van der Waals surface area contributed by atoms with E-state index in [0.29, 0.717) is 30.3 Å². The first-order valence-electron chi connectivity index (χ1n) is 9.91. The number of carbonyl (C=O) groups is 2. The molecule has 3 nitrogen and oxygen atoms in total. The van der Waals surface area contributed by atoms with Crippen molar-refractivity contribution in [3.8, 4) is 0 Å². The second-order valence-corrected chi connectivity index (χ2v) is 9.61. The normalized spacial score (nSPS) is 47.5. The molecule has 3 heteroatoms. The summed E-state index contributed by atoms with van der Waals surface area (Å²) < 4.78 is 0. The van der Waals surface area contributed by atoms with Crippen LogP contribution in [0.25, 0.3) is 0 Å². The lowest BCUT2D eigenvalue weighted by Crippen LogP contribution is -2.57. The highest BCUT2D eigenvalue weighted by atomic mass is 16.3. The van der Waals surface area contributed by atoms with E-state index in [4.69, 9.17) is 0 Å². The fraction of sp³-hybridized carbons (Fsp3) is 0.652. The highest BCUT2D eigenvalue weighted by Crippen LogP contribution is 2.67. The van der Waals surface area contributed by atoms with Crippen LogP contribution in [0.4, 0.5) is 0 Å². The van der Waals surface area contributed by atoms with E-state index in [9.17, 15) is 14.7 Å². The van der Waals surface area contributed by atoms with E-state index in [1.54, 1.807) is 0 Å². The van der Waals surface area contributed by atoms with Crippen LogP contribution in [0, 0.1) is 28.6 Å². The summed E-state index contributed by atoms with van der Waals surface area (Å²) in [4.78, 5) is 24.4. The maximum absolute atomic E-state index is 12.4. The van der Waals surface area contributed by atoms with Gasteiger partial charge in [-0.1, -0.05) is 32.1 Å². The first-order chi connectivity index (χ1) is 12.1. The van der Waals surface area contributed by atoms with Crippen LogP contribution in [0.2, 0.25) is 0 Å². The van der Waals surface area contributed by atoms with Crippen LogP contribution >= 0.6 is 0 Å². The first kappa shape index (κ1) is 17.9. The third kappa shape index (κ3) is 1.93. The molecular weight excluding hydrogens is 324 g/mol. The number of Topliss-reactive ketones (excluding diaryl/α,β-unsaturated/α-hetero) is 1. The quantitative estimate of drug-likeness (QED) is 0.719. The predicted molar refractivity (Wildman–Crippen MR) is 101 cm³/mol. The standard InChI is InChI=1S/C23H30O3/c1-13-10-17-18(21(4)8-6-16(25)12-19(13)21)7-9-22(5)20(17)11-14(2)23(22,26)15(3)24/h10,12,17-18,20,26H,2,6-9,11H2,1,3-5H3. The van der Waals surface area contributed by atoms with Gasteiger partial charge in [-0.2, -0.15) is 0 Å². The van der Waals surface area contributed by atoms with E-state index in [1.165, 1.54) is 18.1 Å². The molecule has 1 N–H and O–H groups in total. The molecule has 140 valence electrons. The molecule has 0 radical (unpaired) electrons. The van der Waals surface area contributed by atoms with Gasteiger partial charge in [-0.3, -0.25) is 9.59 Å². The highest BCUT2D eigenvalue weighted by Gasteiger charge is 2.66. The molecule has 6 atom stereocenters. The lowest BCUT2D eigenvalue weighted by Gasteiger charge is -2.57. The number of carbonyl (C=O) groups excluding carboxylic acids is 2. The van der Waals surface area contributed by atoms with Gasteiger partial charge in [0.05, 0.1) is 0 Å². The lowest BCUT2D eigenvalue weighted by molar-refractivity contribution is -0.151. The molecule has 0 spiro atoms. The minimum absolute atomic E-state index is 0.0248. The van der Waals surface area contributed by atoms with Gasteiger partial charge in [-0.15, -0.1) is 0 Å². The van der Waals surface area contributed by atoms with Crippen LogP contribution in [0.3, 0.4) is 0 Å². The van der Waals surface area contributed by atoms with Crippen molar-refractivity contribution >= 4 is 11.6 Å². The summed E-state index contributed by atoms with van der Waals surface area (Å²) in [7, 11) is 0. The Morgan fingerprint density at radius 3 is 2.62 bits per heavy atom.